The molecular formula is C25H29N5O3S. The number of hydrogen-bond acceptors (Lipinski definition) is 6. The fourth-order valence-corrected chi connectivity index (χ4v) is 4.82. The van der Waals surface area contributed by atoms with Gasteiger partial charge in [-0.25, -0.2) is 4.79 Å². The van der Waals surface area contributed by atoms with Crippen LogP contribution < -0.4 is 15.4 Å². The van der Waals surface area contributed by atoms with Crippen molar-refractivity contribution < 1.29 is 14.3 Å². The first kappa shape index (κ1) is 23.8. The molecule has 0 atom stereocenters. The number of aromatic nitrogens is 3. The largest absolute Gasteiger partial charge is 0.497 e. The third kappa shape index (κ3) is 5.96. The molecule has 2 N–H and O–H groups in total. The van der Waals surface area contributed by atoms with Gasteiger partial charge in [0.25, 0.3) is 0 Å². The van der Waals surface area contributed by atoms with Gasteiger partial charge in [0, 0.05) is 29.5 Å². The normalized spacial score (nSPS) is 13.6. The number of rotatable bonds is 8. The fraction of sp³-hybridized carbons (Fsp3) is 0.360. The predicted octanol–water partition coefficient (Wildman–Crippen LogP) is 4.50. The Morgan fingerprint density at radius 2 is 1.76 bits per heavy atom. The lowest BCUT2D eigenvalue weighted by Gasteiger charge is -2.12. The summed E-state index contributed by atoms with van der Waals surface area (Å²) < 4.78 is 7.25. The van der Waals surface area contributed by atoms with Gasteiger partial charge in [-0.3, -0.25) is 14.7 Å². The summed E-state index contributed by atoms with van der Waals surface area (Å²) in [7, 11) is 1.63. The van der Waals surface area contributed by atoms with E-state index in [-0.39, 0.29) is 18.4 Å². The molecule has 0 spiro atoms. The molecule has 1 fully saturated rings. The number of benzene rings is 2. The summed E-state index contributed by atoms with van der Waals surface area (Å²) in [5.74, 6) is 1.63. The molecular weight excluding hydrogens is 450 g/mol. The van der Waals surface area contributed by atoms with E-state index in [1.807, 2.05) is 60.0 Å². The molecule has 8 nitrogen and oxygen atoms in total. The van der Waals surface area contributed by atoms with Crippen LogP contribution in [0.2, 0.25) is 0 Å². The van der Waals surface area contributed by atoms with Gasteiger partial charge in [0.15, 0.2) is 11.0 Å². The Morgan fingerprint density at radius 3 is 2.44 bits per heavy atom. The van der Waals surface area contributed by atoms with Crippen LogP contribution in [0.5, 0.6) is 5.75 Å². The van der Waals surface area contributed by atoms with Gasteiger partial charge in [-0.15, -0.1) is 10.2 Å². The Bertz CT molecular complexity index is 1120. The smallest absolute Gasteiger partial charge is 0.321 e. The summed E-state index contributed by atoms with van der Waals surface area (Å²) in [6, 6.07) is 15.5. The lowest BCUT2D eigenvalue weighted by atomic mass is 10.2. The molecule has 0 radical (unpaired) electrons. The second kappa shape index (κ2) is 11.2. The number of carbonyl (C=O) groups excluding carboxylic acids is 2. The highest BCUT2D eigenvalue weighted by atomic mass is 32.2. The minimum atomic E-state index is -0.411. The van der Waals surface area contributed by atoms with Gasteiger partial charge in [-0.1, -0.05) is 42.3 Å². The second-order valence-electron chi connectivity index (χ2n) is 8.31. The Balaban J connectivity index is 1.44. The molecule has 178 valence electrons. The molecule has 0 bridgehead atoms. The summed E-state index contributed by atoms with van der Waals surface area (Å²) >= 11 is 1.43. The molecule has 34 heavy (non-hydrogen) atoms. The first-order chi connectivity index (χ1) is 16.5. The number of aryl methyl sites for hydroxylation is 1. The van der Waals surface area contributed by atoms with Crippen LogP contribution in [-0.2, 0) is 4.79 Å². The molecule has 2 aromatic carbocycles. The molecule has 0 saturated heterocycles. The van der Waals surface area contributed by atoms with Crippen LogP contribution in [0.4, 0.5) is 4.79 Å². The molecule has 0 unspecified atom stereocenters. The maximum absolute atomic E-state index is 12.3. The highest BCUT2D eigenvalue weighted by molar-refractivity contribution is 7.99. The quantitative estimate of drug-likeness (QED) is 0.462. The maximum Gasteiger partial charge on any atom is 0.321 e. The van der Waals surface area contributed by atoms with Crippen molar-refractivity contribution in [3.63, 3.8) is 0 Å². The van der Waals surface area contributed by atoms with Crippen molar-refractivity contribution in [2.75, 3.05) is 12.9 Å². The van der Waals surface area contributed by atoms with Crippen molar-refractivity contribution in [3.05, 3.63) is 54.1 Å². The number of methoxy groups -OCH3 is 1. The van der Waals surface area contributed by atoms with Crippen LogP contribution >= 0.6 is 11.8 Å². The van der Waals surface area contributed by atoms with Crippen molar-refractivity contribution >= 4 is 23.7 Å². The van der Waals surface area contributed by atoms with E-state index in [1.165, 1.54) is 11.8 Å². The number of nitrogens with one attached hydrogen (secondary N) is 2. The number of thioether (sulfide) groups is 1. The van der Waals surface area contributed by atoms with Gasteiger partial charge in [0.05, 0.1) is 7.11 Å². The van der Waals surface area contributed by atoms with Gasteiger partial charge in [0.2, 0.25) is 5.91 Å². The van der Waals surface area contributed by atoms with Crippen LogP contribution in [-0.4, -0.2) is 45.6 Å². The molecule has 1 saturated carbocycles. The molecule has 4 rings (SSSR count). The number of amides is 3. The van der Waals surface area contributed by atoms with E-state index in [4.69, 9.17) is 4.74 Å². The zero-order chi connectivity index (χ0) is 23.9. The maximum atomic E-state index is 12.3. The SMILES string of the molecule is COc1ccc(-c2nnc(SCCC(=O)NC(=O)NC3CCCC3)n2-c2ccc(C)cc2)cc1. The molecule has 1 aromatic heterocycles. The molecule has 1 aliphatic rings. The van der Waals surface area contributed by atoms with E-state index in [0.717, 1.165) is 48.2 Å². The summed E-state index contributed by atoms with van der Waals surface area (Å²) in [5, 5.41) is 14.8. The van der Waals surface area contributed by atoms with Gasteiger partial charge < -0.3 is 10.1 Å². The zero-order valence-electron chi connectivity index (χ0n) is 19.4. The minimum Gasteiger partial charge on any atom is -0.497 e. The van der Waals surface area contributed by atoms with Crippen LogP contribution in [0.1, 0.15) is 37.7 Å². The molecule has 0 aliphatic heterocycles. The average Bonchev–Trinajstić information content (AvgIpc) is 3.50. The first-order valence-corrected chi connectivity index (χ1v) is 12.4. The summed E-state index contributed by atoms with van der Waals surface area (Å²) in [6.45, 7) is 2.04. The highest BCUT2D eigenvalue weighted by Gasteiger charge is 2.19. The standard InChI is InChI=1S/C25H29N5O3S/c1-17-7-11-20(12-8-17)30-23(18-9-13-21(33-2)14-10-18)28-29-25(30)34-16-15-22(31)27-24(32)26-19-5-3-4-6-19/h7-14,19H,3-6,15-16H2,1-2H3,(H2,26,27,31,32). The number of carbonyl (C=O) groups is 2. The Hall–Kier alpha value is -3.33. The Kier molecular flexibility index (Phi) is 7.84. The topological polar surface area (TPSA) is 98.1 Å². The molecule has 3 amide bonds. The first-order valence-electron chi connectivity index (χ1n) is 11.4. The van der Waals surface area contributed by atoms with Gasteiger partial charge in [0.1, 0.15) is 5.75 Å². The van der Waals surface area contributed by atoms with Crippen molar-refractivity contribution in [1.29, 1.82) is 0 Å². The average molecular weight is 480 g/mol. The van der Waals surface area contributed by atoms with Crippen molar-refractivity contribution in [2.45, 2.75) is 50.2 Å². The third-order valence-corrected chi connectivity index (χ3v) is 6.71. The monoisotopic (exact) mass is 479 g/mol. The number of hydrogen-bond donors (Lipinski definition) is 2. The number of ether oxygens (including phenoxy) is 1. The molecule has 9 heteroatoms. The zero-order valence-corrected chi connectivity index (χ0v) is 20.2. The van der Waals surface area contributed by atoms with Crippen LogP contribution in [0.15, 0.2) is 53.7 Å². The summed E-state index contributed by atoms with van der Waals surface area (Å²) in [6.07, 6.45) is 4.39. The molecule has 1 aliphatic carbocycles. The van der Waals surface area contributed by atoms with Gasteiger partial charge in [-0.05, 0) is 56.2 Å². The van der Waals surface area contributed by atoms with Crippen LogP contribution in [0.25, 0.3) is 17.1 Å². The van der Waals surface area contributed by atoms with E-state index in [1.54, 1.807) is 7.11 Å². The lowest BCUT2D eigenvalue weighted by Crippen LogP contribution is -2.43. The minimum absolute atomic E-state index is 0.173. The van der Waals surface area contributed by atoms with E-state index >= 15 is 0 Å². The number of nitrogens with zero attached hydrogens (tertiary/aromatic N) is 3. The van der Waals surface area contributed by atoms with Crippen molar-refractivity contribution in [2.24, 2.45) is 0 Å². The summed E-state index contributed by atoms with van der Waals surface area (Å²) in [5.41, 5.74) is 3.00. The third-order valence-electron chi connectivity index (χ3n) is 5.78. The van der Waals surface area contributed by atoms with E-state index in [2.05, 4.69) is 20.8 Å². The lowest BCUT2D eigenvalue weighted by molar-refractivity contribution is -0.119. The van der Waals surface area contributed by atoms with Gasteiger partial charge >= 0.3 is 6.03 Å². The van der Waals surface area contributed by atoms with Crippen LogP contribution in [0, 0.1) is 6.92 Å². The fourth-order valence-electron chi connectivity index (χ4n) is 3.93. The number of imide groups is 1. The van der Waals surface area contributed by atoms with Crippen molar-refractivity contribution in [3.8, 4) is 22.8 Å². The molecule has 1 heterocycles. The second-order valence-corrected chi connectivity index (χ2v) is 9.37. The number of urea groups is 1. The molecule has 3 aromatic rings. The van der Waals surface area contributed by atoms with E-state index in [9.17, 15) is 9.59 Å². The summed E-state index contributed by atoms with van der Waals surface area (Å²) in [4.78, 5) is 24.3. The van der Waals surface area contributed by atoms with E-state index < -0.39 is 6.03 Å². The van der Waals surface area contributed by atoms with Crippen molar-refractivity contribution in [1.82, 2.24) is 25.4 Å². The highest BCUT2D eigenvalue weighted by Crippen LogP contribution is 2.29. The predicted molar refractivity (Wildman–Crippen MR) is 132 cm³/mol. The van der Waals surface area contributed by atoms with Crippen LogP contribution in [0.3, 0.4) is 0 Å². The Labute approximate surface area is 203 Å². The Morgan fingerprint density at radius 1 is 1.06 bits per heavy atom. The van der Waals surface area contributed by atoms with E-state index in [0.29, 0.717) is 16.7 Å². The van der Waals surface area contributed by atoms with Gasteiger partial charge in [-0.2, -0.15) is 0 Å².